The molecule has 0 atom stereocenters. The first-order chi connectivity index (χ1) is 6.54. The standard InChI is InChI=1S/C10H23N3O/c1-4-10(2,3)9(14)13-8-7-12-6-5-11/h12H,4-8,11H2,1-3H3,(H,13,14). The summed E-state index contributed by atoms with van der Waals surface area (Å²) in [5.74, 6) is 0.120. The van der Waals surface area contributed by atoms with Gasteiger partial charge in [0.2, 0.25) is 5.91 Å². The summed E-state index contributed by atoms with van der Waals surface area (Å²) in [6.07, 6.45) is 0.856. The zero-order valence-corrected chi connectivity index (χ0v) is 9.52. The van der Waals surface area contributed by atoms with Gasteiger partial charge in [0.1, 0.15) is 0 Å². The van der Waals surface area contributed by atoms with Crippen LogP contribution in [-0.4, -0.2) is 32.1 Å². The van der Waals surface area contributed by atoms with E-state index in [1.807, 2.05) is 20.8 Å². The average Bonchev–Trinajstić information content (AvgIpc) is 2.17. The number of nitrogens with two attached hydrogens (primary N) is 1. The van der Waals surface area contributed by atoms with Crippen molar-refractivity contribution in [1.82, 2.24) is 10.6 Å². The van der Waals surface area contributed by atoms with Crippen molar-refractivity contribution >= 4 is 5.91 Å². The van der Waals surface area contributed by atoms with Crippen LogP contribution in [0.1, 0.15) is 27.2 Å². The Bertz CT molecular complexity index is 169. The van der Waals surface area contributed by atoms with Crippen LogP contribution < -0.4 is 16.4 Å². The van der Waals surface area contributed by atoms with Crippen molar-refractivity contribution in [2.45, 2.75) is 27.2 Å². The van der Waals surface area contributed by atoms with Gasteiger partial charge in [0, 0.05) is 31.6 Å². The summed E-state index contributed by atoms with van der Waals surface area (Å²) in [5.41, 5.74) is 5.06. The monoisotopic (exact) mass is 201 g/mol. The summed E-state index contributed by atoms with van der Waals surface area (Å²) in [5, 5.41) is 6.01. The number of amides is 1. The SMILES string of the molecule is CCC(C)(C)C(=O)NCCNCCN. The average molecular weight is 201 g/mol. The summed E-state index contributed by atoms with van der Waals surface area (Å²) >= 11 is 0. The Morgan fingerprint density at radius 3 is 2.43 bits per heavy atom. The van der Waals surface area contributed by atoms with E-state index in [0.717, 1.165) is 19.5 Å². The van der Waals surface area contributed by atoms with Crippen LogP contribution in [0.25, 0.3) is 0 Å². The van der Waals surface area contributed by atoms with Gasteiger partial charge in [-0.2, -0.15) is 0 Å². The number of hydrogen-bond acceptors (Lipinski definition) is 3. The fourth-order valence-corrected chi connectivity index (χ4v) is 0.891. The fraction of sp³-hybridized carbons (Fsp3) is 0.900. The molecule has 0 aromatic heterocycles. The van der Waals surface area contributed by atoms with Crippen LogP contribution in [-0.2, 0) is 4.79 Å². The van der Waals surface area contributed by atoms with Crippen molar-refractivity contribution < 1.29 is 4.79 Å². The summed E-state index contributed by atoms with van der Waals surface area (Å²) in [4.78, 5) is 11.6. The van der Waals surface area contributed by atoms with Gasteiger partial charge in [-0.15, -0.1) is 0 Å². The van der Waals surface area contributed by atoms with E-state index in [1.54, 1.807) is 0 Å². The molecule has 4 N–H and O–H groups in total. The normalized spacial score (nSPS) is 11.4. The molecule has 0 aliphatic carbocycles. The summed E-state index contributed by atoms with van der Waals surface area (Å²) in [7, 11) is 0. The third kappa shape index (κ3) is 5.19. The summed E-state index contributed by atoms with van der Waals surface area (Å²) in [6.45, 7) is 8.81. The first-order valence-electron chi connectivity index (χ1n) is 5.23. The van der Waals surface area contributed by atoms with E-state index in [1.165, 1.54) is 0 Å². The second kappa shape index (κ2) is 6.79. The van der Waals surface area contributed by atoms with E-state index in [-0.39, 0.29) is 11.3 Å². The zero-order chi connectivity index (χ0) is 11.0. The molecule has 4 nitrogen and oxygen atoms in total. The van der Waals surface area contributed by atoms with Gasteiger partial charge in [-0.25, -0.2) is 0 Å². The molecular weight excluding hydrogens is 178 g/mol. The van der Waals surface area contributed by atoms with Crippen LogP contribution in [0.3, 0.4) is 0 Å². The van der Waals surface area contributed by atoms with Crippen LogP contribution >= 0.6 is 0 Å². The summed E-state index contributed by atoms with van der Waals surface area (Å²) in [6, 6.07) is 0. The van der Waals surface area contributed by atoms with Crippen molar-refractivity contribution in [3.8, 4) is 0 Å². The molecule has 0 rings (SSSR count). The maximum absolute atomic E-state index is 11.6. The highest BCUT2D eigenvalue weighted by atomic mass is 16.2. The molecule has 0 aromatic rings. The maximum Gasteiger partial charge on any atom is 0.225 e. The van der Waals surface area contributed by atoms with E-state index < -0.39 is 0 Å². The number of nitrogens with one attached hydrogen (secondary N) is 2. The lowest BCUT2D eigenvalue weighted by Crippen LogP contribution is -2.40. The molecule has 0 aliphatic heterocycles. The summed E-state index contributed by atoms with van der Waals surface area (Å²) < 4.78 is 0. The second-order valence-corrected chi connectivity index (χ2v) is 4.03. The highest BCUT2D eigenvalue weighted by molar-refractivity contribution is 5.81. The molecule has 0 radical (unpaired) electrons. The van der Waals surface area contributed by atoms with Crippen LogP contribution in [0.5, 0.6) is 0 Å². The topological polar surface area (TPSA) is 67.2 Å². The molecule has 0 aromatic carbocycles. The molecule has 0 spiro atoms. The van der Waals surface area contributed by atoms with Crippen LogP contribution in [0.15, 0.2) is 0 Å². The van der Waals surface area contributed by atoms with Gasteiger partial charge in [-0.05, 0) is 6.42 Å². The molecule has 14 heavy (non-hydrogen) atoms. The van der Waals surface area contributed by atoms with E-state index in [4.69, 9.17) is 5.73 Å². The van der Waals surface area contributed by atoms with E-state index in [0.29, 0.717) is 13.1 Å². The molecular formula is C10H23N3O. The van der Waals surface area contributed by atoms with Gasteiger partial charge in [0.15, 0.2) is 0 Å². The molecule has 84 valence electrons. The van der Waals surface area contributed by atoms with Crippen molar-refractivity contribution in [1.29, 1.82) is 0 Å². The predicted octanol–water partition coefficient (Wildman–Crippen LogP) is 0.0871. The molecule has 0 saturated heterocycles. The van der Waals surface area contributed by atoms with E-state index in [9.17, 15) is 4.79 Å². The molecule has 0 unspecified atom stereocenters. The van der Waals surface area contributed by atoms with E-state index >= 15 is 0 Å². The molecule has 0 heterocycles. The molecule has 0 fully saturated rings. The van der Waals surface area contributed by atoms with Gasteiger partial charge in [0.05, 0.1) is 0 Å². The Morgan fingerprint density at radius 2 is 1.93 bits per heavy atom. The first-order valence-corrected chi connectivity index (χ1v) is 5.23. The smallest absolute Gasteiger partial charge is 0.225 e. The van der Waals surface area contributed by atoms with Gasteiger partial charge in [0.25, 0.3) is 0 Å². The Labute approximate surface area is 86.6 Å². The largest absolute Gasteiger partial charge is 0.354 e. The molecule has 0 saturated carbocycles. The Kier molecular flexibility index (Phi) is 6.49. The quantitative estimate of drug-likeness (QED) is 0.511. The minimum atomic E-state index is -0.256. The lowest BCUT2D eigenvalue weighted by molar-refractivity contribution is -0.129. The Hall–Kier alpha value is -0.610. The second-order valence-electron chi connectivity index (χ2n) is 4.03. The Balaban J connectivity index is 3.54. The third-order valence-electron chi connectivity index (χ3n) is 2.41. The third-order valence-corrected chi connectivity index (χ3v) is 2.41. The van der Waals surface area contributed by atoms with Crippen molar-refractivity contribution in [3.63, 3.8) is 0 Å². The number of rotatable bonds is 7. The molecule has 1 amide bonds. The van der Waals surface area contributed by atoms with Gasteiger partial charge >= 0.3 is 0 Å². The van der Waals surface area contributed by atoms with Gasteiger partial charge in [-0.3, -0.25) is 4.79 Å². The van der Waals surface area contributed by atoms with Crippen molar-refractivity contribution in [2.24, 2.45) is 11.1 Å². The van der Waals surface area contributed by atoms with Crippen molar-refractivity contribution in [3.05, 3.63) is 0 Å². The number of carbonyl (C=O) groups is 1. The molecule has 0 aliphatic rings. The van der Waals surface area contributed by atoms with Gasteiger partial charge in [-0.1, -0.05) is 20.8 Å². The van der Waals surface area contributed by atoms with Crippen LogP contribution in [0, 0.1) is 5.41 Å². The lowest BCUT2D eigenvalue weighted by Gasteiger charge is -2.21. The first kappa shape index (κ1) is 13.4. The maximum atomic E-state index is 11.6. The van der Waals surface area contributed by atoms with Crippen LogP contribution in [0.2, 0.25) is 0 Å². The fourth-order valence-electron chi connectivity index (χ4n) is 0.891. The van der Waals surface area contributed by atoms with Gasteiger partial charge < -0.3 is 16.4 Å². The highest BCUT2D eigenvalue weighted by Gasteiger charge is 2.24. The minimum Gasteiger partial charge on any atom is -0.354 e. The zero-order valence-electron chi connectivity index (χ0n) is 9.52. The van der Waals surface area contributed by atoms with Crippen molar-refractivity contribution in [2.75, 3.05) is 26.2 Å². The molecule has 4 heteroatoms. The highest BCUT2D eigenvalue weighted by Crippen LogP contribution is 2.18. The Morgan fingerprint density at radius 1 is 1.29 bits per heavy atom. The number of carbonyl (C=O) groups excluding carboxylic acids is 1. The molecule has 0 bridgehead atoms. The minimum absolute atomic E-state index is 0.120. The number of hydrogen-bond donors (Lipinski definition) is 3. The lowest BCUT2D eigenvalue weighted by atomic mass is 9.89. The van der Waals surface area contributed by atoms with Crippen LogP contribution in [0.4, 0.5) is 0 Å². The predicted molar refractivity (Wildman–Crippen MR) is 59.0 cm³/mol. The van der Waals surface area contributed by atoms with E-state index in [2.05, 4.69) is 10.6 Å².